The van der Waals surface area contributed by atoms with E-state index in [2.05, 4.69) is 9.72 Å². The number of ether oxygens (including phenoxy) is 1. The number of aromatic nitrogens is 1. The molecule has 3 nitrogen and oxygen atoms in total. The summed E-state index contributed by atoms with van der Waals surface area (Å²) in [6.07, 6.45) is 1.49. The molecule has 0 fully saturated rings. The molecule has 0 aliphatic rings. The van der Waals surface area contributed by atoms with E-state index in [-0.39, 0.29) is 24.8 Å². The largest absolute Gasteiger partial charge is 0.479 e. The molecular formula is C7H10ClFN2O. The summed E-state index contributed by atoms with van der Waals surface area (Å²) in [5.74, 6) is -0.474. The van der Waals surface area contributed by atoms with E-state index in [1.807, 2.05) is 0 Å². The van der Waals surface area contributed by atoms with Gasteiger partial charge in [0.2, 0.25) is 5.88 Å². The molecule has 0 aromatic carbocycles. The van der Waals surface area contributed by atoms with Gasteiger partial charge in [-0.25, -0.2) is 9.37 Å². The Morgan fingerprint density at radius 2 is 2.33 bits per heavy atom. The predicted octanol–water partition coefficient (Wildman–Crippen LogP) is 1.11. The number of hydrogen-bond donors (Lipinski definition) is 1. The van der Waals surface area contributed by atoms with Crippen LogP contribution in [0.4, 0.5) is 4.39 Å². The summed E-state index contributed by atoms with van der Waals surface area (Å²) in [6.45, 7) is 0.286. The van der Waals surface area contributed by atoms with Gasteiger partial charge in [0.25, 0.3) is 0 Å². The van der Waals surface area contributed by atoms with E-state index in [4.69, 9.17) is 5.73 Å². The average molecular weight is 193 g/mol. The topological polar surface area (TPSA) is 48.1 Å². The molecule has 0 spiro atoms. The highest BCUT2D eigenvalue weighted by Gasteiger charge is 2.02. The van der Waals surface area contributed by atoms with Crippen molar-refractivity contribution < 1.29 is 9.13 Å². The van der Waals surface area contributed by atoms with Gasteiger partial charge in [-0.1, -0.05) is 0 Å². The molecule has 0 atom stereocenters. The molecular weight excluding hydrogens is 183 g/mol. The molecule has 1 heterocycles. The number of methoxy groups -OCH3 is 1. The summed E-state index contributed by atoms with van der Waals surface area (Å²) >= 11 is 0. The zero-order chi connectivity index (χ0) is 8.27. The fourth-order valence-corrected chi connectivity index (χ4v) is 0.727. The van der Waals surface area contributed by atoms with Crippen molar-refractivity contribution in [2.75, 3.05) is 7.11 Å². The minimum Gasteiger partial charge on any atom is -0.479 e. The van der Waals surface area contributed by atoms with E-state index in [1.54, 1.807) is 0 Å². The van der Waals surface area contributed by atoms with Crippen LogP contribution in [0.3, 0.4) is 0 Å². The molecule has 0 saturated carbocycles. The molecule has 0 radical (unpaired) electrons. The van der Waals surface area contributed by atoms with Crippen molar-refractivity contribution in [2.45, 2.75) is 6.54 Å². The van der Waals surface area contributed by atoms with Gasteiger partial charge in [-0.05, 0) is 11.6 Å². The fraction of sp³-hybridized carbons (Fsp3) is 0.286. The van der Waals surface area contributed by atoms with Crippen LogP contribution < -0.4 is 10.5 Å². The standard InChI is InChI=1S/C7H9FN2O.ClH/c1-11-7-6(8)2-5(3-9)4-10-7;/h2,4H,3,9H2,1H3;1H. The quantitative estimate of drug-likeness (QED) is 0.764. The van der Waals surface area contributed by atoms with Crippen molar-refractivity contribution in [1.82, 2.24) is 4.98 Å². The van der Waals surface area contributed by atoms with E-state index < -0.39 is 5.82 Å². The first-order valence-electron chi connectivity index (χ1n) is 3.16. The van der Waals surface area contributed by atoms with E-state index in [0.717, 1.165) is 0 Å². The second-order valence-corrected chi connectivity index (χ2v) is 2.04. The number of rotatable bonds is 2. The Kier molecular flexibility index (Phi) is 4.54. The first kappa shape index (κ1) is 11.1. The van der Waals surface area contributed by atoms with Crippen LogP contribution in [0.25, 0.3) is 0 Å². The highest BCUT2D eigenvalue weighted by Crippen LogP contribution is 2.12. The smallest absolute Gasteiger partial charge is 0.250 e. The van der Waals surface area contributed by atoms with Crippen molar-refractivity contribution in [2.24, 2.45) is 5.73 Å². The Hall–Kier alpha value is -0.870. The van der Waals surface area contributed by atoms with E-state index in [0.29, 0.717) is 5.56 Å². The van der Waals surface area contributed by atoms with Crippen LogP contribution in [-0.2, 0) is 6.54 Å². The Labute approximate surface area is 76.2 Å². The molecule has 1 aromatic rings. The number of halogens is 2. The normalized spacial score (nSPS) is 8.92. The zero-order valence-electron chi connectivity index (χ0n) is 6.58. The number of nitrogens with two attached hydrogens (primary N) is 1. The van der Waals surface area contributed by atoms with E-state index >= 15 is 0 Å². The van der Waals surface area contributed by atoms with Gasteiger partial charge in [0.15, 0.2) is 5.82 Å². The van der Waals surface area contributed by atoms with Gasteiger partial charge in [0.05, 0.1) is 7.11 Å². The summed E-state index contributed by atoms with van der Waals surface area (Å²) in [5.41, 5.74) is 5.92. The molecule has 0 amide bonds. The molecule has 68 valence electrons. The second-order valence-electron chi connectivity index (χ2n) is 2.04. The van der Waals surface area contributed by atoms with E-state index in [9.17, 15) is 4.39 Å². The van der Waals surface area contributed by atoms with E-state index in [1.165, 1.54) is 19.4 Å². The number of nitrogens with zero attached hydrogens (tertiary/aromatic N) is 1. The lowest BCUT2D eigenvalue weighted by Gasteiger charge is -2.00. The van der Waals surface area contributed by atoms with Gasteiger partial charge < -0.3 is 10.5 Å². The maximum atomic E-state index is 12.8. The maximum absolute atomic E-state index is 12.8. The van der Waals surface area contributed by atoms with Gasteiger partial charge in [-0.15, -0.1) is 12.4 Å². The molecule has 0 bridgehead atoms. The molecule has 2 N–H and O–H groups in total. The maximum Gasteiger partial charge on any atom is 0.250 e. The van der Waals surface area contributed by atoms with Gasteiger partial charge in [-0.3, -0.25) is 0 Å². The van der Waals surface area contributed by atoms with Gasteiger partial charge in [0, 0.05) is 12.7 Å². The number of pyridine rings is 1. The summed E-state index contributed by atoms with van der Waals surface area (Å²) < 4.78 is 17.4. The Morgan fingerprint density at radius 1 is 1.67 bits per heavy atom. The van der Waals surface area contributed by atoms with Crippen LogP contribution in [0.2, 0.25) is 0 Å². The van der Waals surface area contributed by atoms with Crippen LogP contribution in [-0.4, -0.2) is 12.1 Å². The molecule has 12 heavy (non-hydrogen) atoms. The fourth-order valence-electron chi connectivity index (χ4n) is 0.727. The Morgan fingerprint density at radius 3 is 2.75 bits per heavy atom. The van der Waals surface area contributed by atoms with Crippen LogP contribution in [0.15, 0.2) is 12.3 Å². The molecule has 0 unspecified atom stereocenters. The van der Waals surface area contributed by atoms with Crippen LogP contribution >= 0.6 is 12.4 Å². The monoisotopic (exact) mass is 192 g/mol. The Bertz CT molecular complexity index is 257. The molecule has 5 heteroatoms. The summed E-state index contributed by atoms with van der Waals surface area (Å²) in [5, 5.41) is 0. The third-order valence-electron chi connectivity index (χ3n) is 1.29. The van der Waals surface area contributed by atoms with Gasteiger partial charge in [0.1, 0.15) is 0 Å². The van der Waals surface area contributed by atoms with Gasteiger partial charge in [-0.2, -0.15) is 0 Å². The minimum absolute atomic E-state index is 0. The molecule has 1 rings (SSSR count). The summed E-state index contributed by atoms with van der Waals surface area (Å²) in [4.78, 5) is 3.69. The first-order valence-corrected chi connectivity index (χ1v) is 3.16. The van der Waals surface area contributed by atoms with Crippen molar-refractivity contribution in [1.29, 1.82) is 0 Å². The molecule has 0 saturated heterocycles. The van der Waals surface area contributed by atoms with Crippen LogP contribution in [0.1, 0.15) is 5.56 Å². The van der Waals surface area contributed by atoms with Crippen molar-refractivity contribution in [3.63, 3.8) is 0 Å². The lowest BCUT2D eigenvalue weighted by molar-refractivity contribution is 0.368. The van der Waals surface area contributed by atoms with Crippen LogP contribution in [0.5, 0.6) is 5.88 Å². The molecule has 0 aliphatic carbocycles. The van der Waals surface area contributed by atoms with Crippen molar-refractivity contribution in [3.8, 4) is 5.88 Å². The third kappa shape index (κ3) is 2.32. The van der Waals surface area contributed by atoms with Gasteiger partial charge >= 0.3 is 0 Å². The summed E-state index contributed by atoms with van der Waals surface area (Å²) in [7, 11) is 1.37. The van der Waals surface area contributed by atoms with Crippen molar-refractivity contribution >= 4 is 12.4 Å². The predicted molar refractivity (Wildman–Crippen MR) is 45.9 cm³/mol. The highest BCUT2D eigenvalue weighted by atomic mass is 35.5. The SMILES string of the molecule is COc1ncc(CN)cc1F.Cl. The van der Waals surface area contributed by atoms with Crippen LogP contribution in [0, 0.1) is 5.82 Å². The minimum atomic E-state index is -0.476. The average Bonchev–Trinajstić information content (AvgIpc) is 2.04. The summed E-state index contributed by atoms with van der Waals surface area (Å²) in [6, 6.07) is 1.31. The zero-order valence-corrected chi connectivity index (χ0v) is 7.40. The second kappa shape index (κ2) is 4.90. The third-order valence-corrected chi connectivity index (χ3v) is 1.29. The highest BCUT2D eigenvalue weighted by molar-refractivity contribution is 5.85. The van der Waals surface area contributed by atoms with Crippen molar-refractivity contribution in [3.05, 3.63) is 23.6 Å². The Balaban J connectivity index is 0.00000121. The lowest BCUT2D eigenvalue weighted by atomic mass is 10.3. The first-order chi connectivity index (χ1) is 5.27. The number of hydrogen-bond acceptors (Lipinski definition) is 3. The molecule has 1 aromatic heterocycles. The molecule has 0 aliphatic heterocycles. The lowest BCUT2D eigenvalue weighted by Crippen LogP contribution is -1.99.